The van der Waals surface area contributed by atoms with E-state index >= 15 is 0 Å². The van der Waals surface area contributed by atoms with Gasteiger partial charge in [-0.05, 0) is 37.5 Å². The molecule has 5 heteroatoms. The fraction of sp³-hybridized carbons (Fsp3) is 0.562. The maximum absolute atomic E-state index is 12.5. The molecule has 0 aromatic heterocycles. The summed E-state index contributed by atoms with van der Waals surface area (Å²) in [5.74, 6) is -0.0163. The number of hydrogen-bond donors (Lipinski definition) is 2. The number of carbonyl (C=O) groups is 1. The molecule has 1 amide bonds. The van der Waals surface area contributed by atoms with Crippen LogP contribution in [0, 0.1) is 0 Å². The standard InChI is InChI=1S/C16H20ClNO3/c1-11-16(20,8-9-21-11)10-18-14(19)15(6-7-15)12-2-4-13(17)5-3-12/h2-5,11,20H,6-10H2,1H3,(H,18,19). The van der Waals surface area contributed by atoms with Gasteiger partial charge in [0.15, 0.2) is 0 Å². The summed E-state index contributed by atoms with van der Waals surface area (Å²) in [5.41, 5.74) is -0.401. The second-order valence-electron chi connectivity index (χ2n) is 6.14. The highest BCUT2D eigenvalue weighted by Crippen LogP contribution is 2.48. The summed E-state index contributed by atoms with van der Waals surface area (Å²) in [6, 6.07) is 7.44. The fourth-order valence-electron chi connectivity index (χ4n) is 2.95. The van der Waals surface area contributed by atoms with E-state index in [-0.39, 0.29) is 18.6 Å². The van der Waals surface area contributed by atoms with E-state index in [4.69, 9.17) is 16.3 Å². The van der Waals surface area contributed by atoms with Gasteiger partial charge in [-0.3, -0.25) is 4.79 Å². The van der Waals surface area contributed by atoms with E-state index in [1.807, 2.05) is 31.2 Å². The average Bonchev–Trinajstić information content (AvgIpc) is 3.21. The number of amides is 1. The molecular formula is C16H20ClNO3. The van der Waals surface area contributed by atoms with Crippen LogP contribution in [0.5, 0.6) is 0 Å². The lowest BCUT2D eigenvalue weighted by atomic mass is 9.93. The lowest BCUT2D eigenvalue weighted by Gasteiger charge is -2.27. The van der Waals surface area contributed by atoms with Crippen LogP contribution in [0.25, 0.3) is 0 Å². The van der Waals surface area contributed by atoms with E-state index in [1.54, 1.807) is 0 Å². The highest BCUT2D eigenvalue weighted by molar-refractivity contribution is 6.30. The second-order valence-corrected chi connectivity index (χ2v) is 6.57. The Kier molecular flexibility index (Phi) is 3.72. The summed E-state index contributed by atoms with van der Waals surface area (Å²) in [6.07, 6.45) is 1.99. The Morgan fingerprint density at radius 1 is 1.38 bits per heavy atom. The van der Waals surface area contributed by atoms with Crippen LogP contribution in [0.15, 0.2) is 24.3 Å². The summed E-state index contributed by atoms with van der Waals surface area (Å²) >= 11 is 5.90. The molecule has 2 fully saturated rings. The van der Waals surface area contributed by atoms with Crippen LogP contribution in [0.1, 0.15) is 31.7 Å². The molecule has 1 aromatic rings. The van der Waals surface area contributed by atoms with E-state index in [0.717, 1.165) is 18.4 Å². The Hall–Kier alpha value is -1.10. The molecule has 2 unspecified atom stereocenters. The first kappa shape index (κ1) is 14.8. The van der Waals surface area contributed by atoms with Gasteiger partial charge in [0.25, 0.3) is 0 Å². The van der Waals surface area contributed by atoms with Gasteiger partial charge in [0.05, 0.1) is 11.5 Å². The molecule has 4 nitrogen and oxygen atoms in total. The predicted octanol–water partition coefficient (Wildman–Crippen LogP) is 2.03. The number of carbonyl (C=O) groups excluding carboxylic acids is 1. The van der Waals surface area contributed by atoms with Crippen molar-refractivity contribution in [2.24, 2.45) is 0 Å². The molecule has 114 valence electrons. The Labute approximate surface area is 129 Å². The van der Waals surface area contributed by atoms with E-state index in [1.165, 1.54) is 0 Å². The first-order chi connectivity index (χ1) is 9.96. The molecule has 2 atom stereocenters. The van der Waals surface area contributed by atoms with Gasteiger partial charge in [-0.1, -0.05) is 23.7 Å². The van der Waals surface area contributed by atoms with Crippen molar-refractivity contribution >= 4 is 17.5 Å². The smallest absolute Gasteiger partial charge is 0.230 e. The highest BCUT2D eigenvalue weighted by atomic mass is 35.5. The van der Waals surface area contributed by atoms with Crippen molar-refractivity contribution in [3.05, 3.63) is 34.9 Å². The number of benzene rings is 1. The Bertz CT molecular complexity index is 541. The number of rotatable bonds is 4. The van der Waals surface area contributed by atoms with Gasteiger partial charge in [-0.2, -0.15) is 0 Å². The number of aliphatic hydroxyl groups is 1. The second kappa shape index (κ2) is 5.27. The van der Waals surface area contributed by atoms with Crippen LogP contribution in [0.3, 0.4) is 0 Å². The van der Waals surface area contributed by atoms with Crippen LogP contribution in [-0.2, 0) is 14.9 Å². The third-order valence-electron chi connectivity index (χ3n) is 4.80. The van der Waals surface area contributed by atoms with Crippen LogP contribution in [0.2, 0.25) is 5.02 Å². The van der Waals surface area contributed by atoms with Gasteiger partial charge >= 0.3 is 0 Å². The quantitative estimate of drug-likeness (QED) is 0.894. The number of nitrogens with one attached hydrogen (secondary N) is 1. The first-order valence-corrected chi connectivity index (χ1v) is 7.72. The van der Waals surface area contributed by atoms with Gasteiger partial charge in [0.1, 0.15) is 5.60 Å². The van der Waals surface area contributed by atoms with Crippen LogP contribution < -0.4 is 5.32 Å². The normalized spacial score (nSPS) is 30.1. The van der Waals surface area contributed by atoms with Crippen molar-refractivity contribution in [1.29, 1.82) is 0 Å². The van der Waals surface area contributed by atoms with Crippen molar-refractivity contribution in [2.75, 3.05) is 13.2 Å². The van der Waals surface area contributed by atoms with Gasteiger partial charge in [-0.25, -0.2) is 0 Å². The molecule has 1 saturated carbocycles. The zero-order chi connectivity index (χ0) is 15.1. The van der Waals surface area contributed by atoms with Gasteiger partial charge < -0.3 is 15.2 Å². The van der Waals surface area contributed by atoms with E-state index < -0.39 is 11.0 Å². The van der Waals surface area contributed by atoms with Crippen molar-refractivity contribution in [3.8, 4) is 0 Å². The molecule has 21 heavy (non-hydrogen) atoms. The molecule has 1 saturated heterocycles. The van der Waals surface area contributed by atoms with Crippen LogP contribution in [-0.4, -0.2) is 35.9 Å². The topological polar surface area (TPSA) is 58.6 Å². The number of hydrogen-bond acceptors (Lipinski definition) is 3. The maximum Gasteiger partial charge on any atom is 0.230 e. The van der Waals surface area contributed by atoms with Crippen molar-refractivity contribution < 1.29 is 14.6 Å². The van der Waals surface area contributed by atoms with Gasteiger partial charge in [0, 0.05) is 24.6 Å². The third-order valence-corrected chi connectivity index (χ3v) is 5.05. The van der Waals surface area contributed by atoms with Crippen molar-refractivity contribution in [3.63, 3.8) is 0 Å². The molecule has 1 aromatic carbocycles. The molecule has 1 heterocycles. The summed E-state index contributed by atoms with van der Waals surface area (Å²) in [5, 5.41) is 14.0. The van der Waals surface area contributed by atoms with Gasteiger partial charge in [0.2, 0.25) is 5.91 Å². The highest BCUT2D eigenvalue weighted by Gasteiger charge is 2.52. The summed E-state index contributed by atoms with van der Waals surface area (Å²) in [7, 11) is 0. The summed E-state index contributed by atoms with van der Waals surface area (Å²) in [6.45, 7) is 2.61. The molecule has 2 N–H and O–H groups in total. The van der Waals surface area contributed by atoms with Gasteiger partial charge in [-0.15, -0.1) is 0 Å². The molecule has 0 radical (unpaired) electrons. The average molecular weight is 310 g/mol. The molecule has 0 bridgehead atoms. The summed E-state index contributed by atoms with van der Waals surface area (Å²) in [4.78, 5) is 12.5. The SMILES string of the molecule is CC1OCCC1(O)CNC(=O)C1(c2ccc(Cl)cc2)CC1. The van der Waals surface area contributed by atoms with E-state index in [0.29, 0.717) is 18.1 Å². The van der Waals surface area contributed by atoms with E-state index in [2.05, 4.69) is 5.32 Å². The third kappa shape index (κ3) is 2.68. The number of halogens is 1. The minimum absolute atomic E-state index is 0.0163. The molecular weight excluding hydrogens is 290 g/mol. The molecule has 0 spiro atoms. The minimum atomic E-state index is -0.953. The minimum Gasteiger partial charge on any atom is -0.385 e. The van der Waals surface area contributed by atoms with Crippen molar-refractivity contribution in [2.45, 2.75) is 43.3 Å². The molecule has 3 rings (SSSR count). The maximum atomic E-state index is 12.5. The Morgan fingerprint density at radius 3 is 2.57 bits per heavy atom. The molecule has 1 aliphatic carbocycles. The summed E-state index contributed by atoms with van der Waals surface area (Å²) < 4.78 is 5.38. The largest absolute Gasteiger partial charge is 0.385 e. The lowest BCUT2D eigenvalue weighted by Crippen LogP contribution is -2.49. The molecule has 2 aliphatic rings. The fourth-order valence-corrected chi connectivity index (χ4v) is 3.07. The lowest BCUT2D eigenvalue weighted by molar-refractivity contribution is -0.125. The predicted molar refractivity (Wildman–Crippen MR) is 80.4 cm³/mol. The monoisotopic (exact) mass is 309 g/mol. The Balaban J connectivity index is 1.67. The first-order valence-electron chi connectivity index (χ1n) is 7.35. The van der Waals surface area contributed by atoms with Crippen LogP contribution in [0.4, 0.5) is 0 Å². The van der Waals surface area contributed by atoms with Crippen molar-refractivity contribution in [1.82, 2.24) is 5.32 Å². The zero-order valence-electron chi connectivity index (χ0n) is 12.1. The Morgan fingerprint density at radius 2 is 2.05 bits per heavy atom. The molecule has 1 aliphatic heterocycles. The number of ether oxygens (including phenoxy) is 1. The zero-order valence-corrected chi connectivity index (χ0v) is 12.8. The van der Waals surface area contributed by atoms with Crippen LogP contribution >= 0.6 is 11.6 Å². The van der Waals surface area contributed by atoms with E-state index in [9.17, 15) is 9.90 Å².